The minimum atomic E-state index is -1.15. The van der Waals surface area contributed by atoms with E-state index >= 15 is 0 Å². The van der Waals surface area contributed by atoms with Gasteiger partial charge in [-0.3, -0.25) is 4.79 Å². The van der Waals surface area contributed by atoms with Gasteiger partial charge in [-0.05, 0) is 49.4 Å². The number of carboxylic acids is 2. The van der Waals surface area contributed by atoms with E-state index in [0.717, 1.165) is 22.3 Å². The van der Waals surface area contributed by atoms with E-state index in [1.165, 1.54) is 0 Å². The third-order valence-electron chi connectivity index (χ3n) is 4.44. The van der Waals surface area contributed by atoms with Crippen LogP contribution in [0.4, 0.5) is 4.79 Å². The molecule has 2 aromatic rings. The van der Waals surface area contributed by atoms with Crippen LogP contribution in [0.1, 0.15) is 31.9 Å². The fourth-order valence-electron chi connectivity index (χ4n) is 2.89. The number of rotatable bonds is 8. The van der Waals surface area contributed by atoms with Crippen LogP contribution in [0.25, 0.3) is 11.1 Å². The highest BCUT2D eigenvalue weighted by molar-refractivity contribution is 5.80. The van der Waals surface area contributed by atoms with E-state index in [1.807, 2.05) is 36.4 Å². The van der Waals surface area contributed by atoms with Crippen molar-refractivity contribution >= 4 is 18.0 Å². The number of ether oxygens (including phenoxy) is 1. The molecule has 0 saturated carbocycles. The molecule has 8 nitrogen and oxygen atoms in total. The molecule has 0 bridgehead atoms. The Morgan fingerprint density at radius 2 is 1.32 bits per heavy atom. The molecule has 2 rings (SSSR count). The Bertz CT molecular complexity index is 917. The topological polar surface area (TPSA) is 139 Å². The average Bonchev–Trinajstić information content (AvgIpc) is 2.67. The van der Waals surface area contributed by atoms with Crippen molar-refractivity contribution in [3.05, 3.63) is 59.7 Å². The molecule has 31 heavy (non-hydrogen) atoms. The SMILES string of the molecule is CC(C)(C)OC(=O)N[C@H](Cc1ccc(-c2ccc(C[C@@H](N)C(=O)O)cc2)cc1)C(=O)O. The second-order valence-corrected chi connectivity index (χ2v) is 8.28. The predicted molar refractivity (Wildman–Crippen MR) is 116 cm³/mol. The number of carbonyl (C=O) groups is 3. The number of amides is 1. The molecule has 0 spiro atoms. The largest absolute Gasteiger partial charge is 0.480 e. The Hall–Kier alpha value is -3.39. The normalized spacial score (nSPS) is 13.2. The molecule has 0 aliphatic heterocycles. The van der Waals surface area contributed by atoms with E-state index < -0.39 is 35.7 Å². The van der Waals surface area contributed by atoms with Gasteiger partial charge in [0.05, 0.1) is 0 Å². The summed E-state index contributed by atoms with van der Waals surface area (Å²) in [6.07, 6.45) is -0.421. The van der Waals surface area contributed by atoms with Gasteiger partial charge in [0.15, 0.2) is 0 Å². The van der Waals surface area contributed by atoms with Crippen LogP contribution < -0.4 is 11.1 Å². The van der Waals surface area contributed by atoms with Gasteiger partial charge in [-0.2, -0.15) is 0 Å². The van der Waals surface area contributed by atoms with Crippen molar-refractivity contribution in [2.45, 2.75) is 51.3 Å². The van der Waals surface area contributed by atoms with E-state index in [9.17, 15) is 19.5 Å². The molecular weight excluding hydrogens is 400 g/mol. The highest BCUT2D eigenvalue weighted by atomic mass is 16.6. The first-order valence-electron chi connectivity index (χ1n) is 9.83. The van der Waals surface area contributed by atoms with Crippen LogP contribution in [0, 0.1) is 0 Å². The number of alkyl carbamates (subject to hydrolysis) is 1. The number of hydrogen-bond acceptors (Lipinski definition) is 5. The van der Waals surface area contributed by atoms with Gasteiger partial charge in [0.2, 0.25) is 0 Å². The highest BCUT2D eigenvalue weighted by Crippen LogP contribution is 2.21. The summed E-state index contributed by atoms with van der Waals surface area (Å²) in [6.45, 7) is 5.11. The number of hydrogen-bond donors (Lipinski definition) is 4. The number of carbonyl (C=O) groups excluding carboxylic acids is 1. The molecule has 0 saturated heterocycles. The molecule has 5 N–H and O–H groups in total. The molecule has 0 heterocycles. The first-order valence-corrected chi connectivity index (χ1v) is 9.83. The lowest BCUT2D eigenvalue weighted by Crippen LogP contribution is -2.44. The molecule has 0 aromatic heterocycles. The molecule has 0 aliphatic carbocycles. The van der Waals surface area contributed by atoms with Crippen LogP contribution in [0.15, 0.2) is 48.5 Å². The van der Waals surface area contributed by atoms with E-state index in [-0.39, 0.29) is 12.8 Å². The molecule has 0 fully saturated rings. The Morgan fingerprint density at radius 1 is 0.871 bits per heavy atom. The number of nitrogens with one attached hydrogen (secondary N) is 1. The first kappa shape index (κ1) is 23.9. The van der Waals surface area contributed by atoms with E-state index in [0.29, 0.717) is 0 Å². The lowest BCUT2D eigenvalue weighted by Gasteiger charge is -2.22. The maximum Gasteiger partial charge on any atom is 0.408 e. The van der Waals surface area contributed by atoms with Crippen LogP contribution in [-0.4, -0.2) is 45.9 Å². The van der Waals surface area contributed by atoms with Crippen LogP contribution in [0.3, 0.4) is 0 Å². The number of nitrogens with two attached hydrogens (primary N) is 1. The van der Waals surface area contributed by atoms with Crippen molar-refractivity contribution in [1.82, 2.24) is 5.32 Å². The fraction of sp³-hybridized carbons (Fsp3) is 0.348. The molecule has 1 amide bonds. The molecule has 0 radical (unpaired) electrons. The summed E-state index contributed by atoms with van der Waals surface area (Å²) in [5.41, 5.74) is 8.27. The Labute approximate surface area is 181 Å². The van der Waals surface area contributed by atoms with Crippen molar-refractivity contribution in [1.29, 1.82) is 0 Å². The van der Waals surface area contributed by atoms with Gasteiger partial charge in [-0.15, -0.1) is 0 Å². The van der Waals surface area contributed by atoms with E-state index in [2.05, 4.69) is 5.32 Å². The third-order valence-corrected chi connectivity index (χ3v) is 4.44. The van der Waals surface area contributed by atoms with Crippen LogP contribution >= 0.6 is 0 Å². The lowest BCUT2D eigenvalue weighted by molar-refractivity contribution is -0.140. The monoisotopic (exact) mass is 428 g/mol. The van der Waals surface area contributed by atoms with Crippen molar-refractivity contribution in [2.24, 2.45) is 5.73 Å². The molecule has 2 aromatic carbocycles. The van der Waals surface area contributed by atoms with Gasteiger partial charge in [-0.25, -0.2) is 9.59 Å². The van der Waals surface area contributed by atoms with Crippen molar-refractivity contribution in [3.63, 3.8) is 0 Å². The lowest BCUT2D eigenvalue weighted by atomic mass is 9.98. The second-order valence-electron chi connectivity index (χ2n) is 8.28. The zero-order chi connectivity index (χ0) is 23.2. The van der Waals surface area contributed by atoms with Crippen LogP contribution in [-0.2, 0) is 27.2 Å². The number of carboxylic acid groups (broad SMARTS) is 2. The average molecular weight is 428 g/mol. The number of benzene rings is 2. The highest BCUT2D eigenvalue weighted by Gasteiger charge is 2.24. The van der Waals surface area contributed by atoms with Crippen LogP contribution in [0.2, 0.25) is 0 Å². The minimum Gasteiger partial charge on any atom is -0.480 e. The maximum atomic E-state index is 11.9. The number of aliphatic carboxylic acids is 2. The third kappa shape index (κ3) is 7.75. The van der Waals surface area contributed by atoms with Gasteiger partial charge in [0, 0.05) is 6.42 Å². The fourth-order valence-corrected chi connectivity index (χ4v) is 2.89. The van der Waals surface area contributed by atoms with E-state index in [1.54, 1.807) is 32.9 Å². The zero-order valence-corrected chi connectivity index (χ0v) is 17.8. The van der Waals surface area contributed by atoms with Gasteiger partial charge >= 0.3 is 18.0 Å². The maximum absolute atomic E-state index is 11.9. The zero-order valence-electron chi connectivity index (χ0n) is 17.8. The predicted octanol–water partition coefficient (Wildman–Crippen LogP) is 2.83. The molecule has 0 aliphatic rings. The molecule has 2 atom stereocenters. The second kappa shape index (κ2) is 10.1. The minimum absolute atomic E-state index is 0.112. The summed E-state index contributed by atoms with van der Waals surface area (Å²) in [7, 11) is 0. The van der Waals surface area contributed by atoms with Gasteiger partial charge in [0.1, 0.15) is 17.7 Å². The molecule has 166 valence electrons. The summed E-state index contributed by atoms with van der Waals surface area (Å²) in [6, 6.07) is 12.7. The summed E-state index contributed by atoms with van der Waals surface area (Å²) in [5, 5.41) is 20.7. The Balaban J connectivity index is 2.04. The molecule has 8 heteroatoms. The summed E-state index contributed by atoms with van der Waals surface area (Å²) < 4.78 is 5.13. The Kier molecular flexibility index (Phi) is 7.77. The van der Waals surface area contributed by atoms with Crippen molar-refractivity contribution in [2.75, 3.05) is 0 Å². The Morgan fingerprint density at radius 3 is 1.71 bits per heavy atom. The van der Waals surface area contributed by atoms with Gasteiger partial charge in [0.25, 0.3) is 0 Å². The van der Waals surface area contributed by atoms with E-state index in [4.69, 9.17) is 15.6 Å². The summed E-state index contributed by atoms with van der Waals surface area (Å²) >= 11 is 0. The van der Waals surface area contributed by atoms with Crippen molar-refractivity contribution < 1.29 is 29.3 Å². The van der Waals surface area contributed by atoms with Gasteiger partial charge in [-0.1, -0.05) is 48.5 Å². The van der Waals surface area contributed by atoms with Crippen LogP contribution in [0.5, 0.6) is 0 Å². The quantitative estimate of drug-likeness (QED) is 0.507. The molecular formula is C23H28N2O6. The van der Waals surface area contributed by atoms with Gasteiger partial charge < -0.3 is 26.0 Å². The molecule has 0 unspecified atom stereocenters. The summed E-state index contributed by atoms with van der Waals surface area (Å²) in [4.78, 5) is 34.3. The standard InChI is InChI=1S/C23H28N2O6/c1-23(2,3)31-22(30)25-19(21(28)29)13-15-6-10-17(11-7-15)16-8-4-14(5-9-16)12-18(24)20(26)27/h4-11,18-19H,12-13,24H2,1-3H3,(H,25,30)(H,26,27)(H,28,29)/t18-,19-/m1/s1. The van der Waals surface area contributed by atoms with Crippen molar-refractivity contribution in [3.8, 4) is 11.1 Å². The first-order chi connectivity index (χ1) is 14.4. The smallest absolute Gasteiger partial charge is 0.408 e. The summed E-state index contributed by atoms with van der Waals surface area (Å²) in [5.74, 6) is -2.19.